The van der Waals surface area contributed by atoms with E-state index in [1.165, 1.54) is 11.1 Å². The molecule has 0 saturated carbocycles. The quantitative estimate of drug-likeness (QED) is 0.353. The Labute approximate surface area is 179 Å². The van der Waals surface area contributed by atoms with Gasteiger partial charge in [0.15, 0.2) is 0 Å². The zero-order valence-corrected chi connectivity index (χ0v) is 17.2. The standard InChI is InChI=1S/C29H25N/c1-28(24-14-6-2-7-15-24,25-16-8-3-9-17-25)29(22-23-30,26-18-10-4-11-19-26)27-20-12-5-13-21-27/h2-21H,22H2,1H3. The van der Waals surface area contributed by atoms with Crippen molar-refractivity contribution >= 4 is 0 Å². The SMILES string of the molecule is CC(c1ccccc1)(c1ccccc1)C(CC#N)(c1ccccc1)c1ccccc1. The Kier molecular flexibility index (Phi) is 5.50. The molecule has 30 heavy (non-hydrogen) atoms. The Balaban J connectivity index is 2.16. The molecule has 0 radical (unpaired) electrons. The van der Waals surface area contributed by atoms with E-state index in [0.29, 0.717) is 6.42 Å². The summed E-state index contributed by atoms with van der Waals surface area (Å²) in [6, 6.07) is 44.7. The lowest BCUT2D eigenvalue weighted by Crippen LogP contribution is -2.49. The third-order valence-electron chi connectivity index (χ3n) is 6.43. The first-order valence-electron chi connectivity index (χ1n) is 10.3. The van der Waals surface area contributed by atoms with Crippen molar-refractivity contribution in [2.75, 3.05) is 0 Å². The van der Waals surface area contributed by atoms with E-state index in [2.05, 4.69) is 110 Å². The molecule has 0 fully saturated rings. The number of benzene rings is 4. The van der Waals surface area contributed by atoms with Crippen molar-refractivity contribution in [3.8, 4) is 6.07 Å². The summed E-state index contributed by atoms with van der Waals surface area (Å²) in [5, 5.41) is 10.1. The summed E-state index contributed by atoms with van der Waals surface area (Å²) in [6.45, 7) is 2.29. The molecule has 1 nitrogen and oxygen atoms in total. The van der Waals surface area contributed by atoms with Gasteiger partial charge in [-0.25, -0.2) is 0 Å². The van der Waals surface area contributed by atoms with Gasteiger partial charge >= 0.3 is 0 Å². The largest absolute Gasteiger partial charge is 0.198 e. The summed E-state index contributed by atoms with van der Waals surface area (Å²) in [5.41, 5.74) is 3.65. The van der Waals surface area contributed by atoms with Crippen molar-refractivity contribution in [3.05, 3.63) is 144 Å². The van der Waals surface area contributed by atoms with Gasteiger partial charge in [-0.1, -0.05) is 128 Å². The maximum absolute atomic E-state index is 10.1. The molecule has 0 aromatic heterocycles. The average molecular weight is 388 g/mol. The molecule has 0 atom stereocenters. The molecule has 0 N–H and O–H groups in total. The molecule has 4 aromatic carbocycles. The van der Waals surface area contributed by atoms with Gasteiger partial charge in [-0.2, -0.15) is 5.26 Å². The number of hydrogen-bond donors (Lipinski definition) is 0. The van der Waals surface area contributed by atoms with Crippen molar-refractivity contribution in [3.63, 3.8) is 0 Å². The Morgan fingerprint density at radius 2 is 0.833 bits per heavy atom. The van der Waals surface area contributed by atoms with Crippen LogP contribution in [0, 0.1) is 11.3 Å². The maximum Gasteiger partial charge on any atom is 0.0635 e. The van der Waals surface area contributed by atoms with Crippen LogP contribution in [0.25, 0.3) is 0 Å². The van der Waals surface area contributed by atoms with Gasteiger partial charge in [0.05, 0.1) is 12.5 Å². The fourth-order valence-electron chi connectivity index (χ4n) is 4.89. The zero-order chi connectivity index (χ0) is 20.9. The van der Waals surface area contributed by atoms with Gasteiger partial charge in [-0.15, -0.1) is 0 Å². The van der Waals surface area contributed by atoms with Crippen LogP contribution >= 0.6 is 0 Å². The first kappa shape index (κ1) is 19.7. The van der Waals surface area contributed by atoms with Crippen LogP contribution in [0.3, 0.4) is 0 Å². The van der Waals surface area contributed by atoms with E-state index in [-0.39, 0.29) is 0 Å². The van der Waals surface area contributed by atoms with E-state index in [4.69, 9.17) is 0 Å². The molecule has 4 aromatic rings. The second kappa shape index (κ2) is 8.39. The van der Waals surface area contributed by atoms with Crippen LogP contribution < -0.4 is 0 Å². The highest BCUT2D eigenvalue weighted by Crippen LogP contribution is 2.54. The number of hydrogen-bond acceptors (Lipinski definition) is 1. The topological polar surface area (TPSA) is 23.8 Å². The van der Waals surface area contributed by atoms with Crippen LogP contribution in [0.4, 0.5) is 0 Å². The molecule has 0 aliphatic rings. The molecular weight excluding hydrogens is 362 g/mol. The molecule has 0 spiro atoms. The monoisotopic (exact) mass is 387 g/mol. The van der Waals surface area contributed by atoms with Crippen LogP contribution in [-0.4, -0.2) is 0 Å². The van der Waals surface area contributed by atoms with E-state index in [9.17, 15) is 5.26 Å². The molecule has 0 aliphatic heterocycles. The number of rotatable bonds is 6. The second-order valence-corrected chi connectivity index (χ2v) is 7.83. The molecule has 1 heteroatoms. The highest BCUT2D eigenvalue weighted by molar-refractivity contribution is 5.55. The predicted octanol–water partition coefficient (Wildman–Crippen LogP) is 6.89. The van der Waals surface area contributed by atoms with Gasteiger partial charge in [-0.05, 0) is 22.3 Å². The minimum atomic E-state index is -0.563. The smallest absolute Gasteiger partial charge is 0.0635 e. The lowest BCUT2D eigenvalue weighted by atomic mass is 9.51. The van der Waals surface area contributed by atoms with E-state index in [0.717, 1.165) is 11.1 Å². The summed E-state index contributed by atoms with van der Waals surface area (Å²) < 4.78 is 0. The van der Waals surface area contributed by atoms with Crippen molar-refractivity contribution in [1.82, 2.24) is 0 Å². The molecule has 0 bridgehead atoms. The summed E-state index contributed by atoms with van der Waals surface area (Å²) in [6.07, 6.45) is 0.362. The van der Waals surface area contributed by atoms with Crippen molar-refractivity contribution in [2.45, 2.75) is 24.2 Å². The zero-order valence-electron chi connectivity index (χ0n) is 17.2. The highest BCUT2D eigenvalue weighted by Gasteiger charge is 2.52. The average Bonchev–Trinajstić information content (AvgIpc) is 2.84. The first-order chi connectivity index (χ1) is 14.7. The predicted molar refractivity (Wildman–Crippen MR) is 123 cm³/mol. The molecule has 0 aliphatic carbocycles. The molecule has 0 heterocycles. The maximum atomic E-state index is 10.1. The van der Waals surface area contributed by atoms with E-state index < -0.39 is 10.8 Å². The molecular formula is C29H25N. The minimum absolute atomic E-state index is 0.362. The Hall–Kier alpha value is -3.63. The number of nitriles is 1. The van der Waals surface area contributed by atoms with E-state index in [1.807, 2.05) is 24.3 Å². The van der Waals surface area contributed by atoms with Gasteiger partial charge in [0.25, 0.3) is 0 Å². The van der Waals surface area contributed by atoms with Gasteiger partial charge in [0.1, 0.15) is 0 Å². The molecule has 0 amide bonds. The minimum Gasteiger partial charge on any atom is -0.198 e. The van der Waals surface area contributed by atoms with Crippen LogP contribution in [-0.2, 0) is 10.8 Å². The van der Waals surface area contributed by atoms with Gasteiger partial charge in [0, 0.05) is 10.8 Å². The first-order valence-corrected chi connectivity index (χ1v) is 10.3. The van der Waals surface area contributed by atoms with Crippen LogP contribution in [0.2, 0.25) is 0 Å². The lowest BCUT2D eigenvalue weighted by Gasteiger charge is -2.50. The number of nitrogens with zero attached hydrogens (tertiary/aromatic N) is 1. The molecule has 0 saturated heterocycles. The highest BCUT2D eigenvalue weighted by atomic mass is 14.5. The van der Waals surface area contributed by atoms with Crippen molar-refractivity contribution in [2.24, 2.45) is 0 Å². The molecule has 146 valence electrons. The van der Waals surface area contributed by atoms with Crippen molar-refractivity contribution in [1.29, 1.82) is 5.26 Å². The summed E-state index contributed by atoms with van der Waals surface area (Å²) in [4.78, 5) is 0. The fourth-order valence-corrected chi connectivity index (χ4v) is 4.89. The molecule has 0 unspecified atom stereocenters. The Morgan fingerprint density at radius 3 is 1.13 bits per heavy atom. The summed E-state index contributed by atoms with van der Waals surface area (Å²) in [7, 11) is 0. The lowest BCUT2D eigenvalue weighted by molar-refractivity contribution is 0.335. The van der Waals surface area contributed by atoms with Gasteiger partial charge in [0.2, 0.25) is 0 Å². The van der Waals surface area contributed by atoms with Gasteiger partial charge in [-0.3, -0.25) is 0 Å². The molecule has 4 rings (SSSR count). The van der Waals surface area contributed by atoms with Gasteiger partial charge < -0.3 is 0 Å². The summed E-state index contributed by atoms with van der Waals surface area (Å²) >= 11 is 0. The summed E-state index contributed by atoms with van der Waals surface area (Å²) in [5.74, 6) is 0. The van der Waals surface area contributed by atoms with E-state index in [1.54, 1.807) is 0 Å². The van der Waals surface area contributed by atoms with E-state index >= 15 is 0 Å². The normalized spacial score (nSPS) is 11.6. The second-order valence-electron chi connectivity index (χ2n) is 7.83. The third kappa shape index (κ3) is 3.11. The Bertz CT molecular complexity index is 1030. The van der Waals surface area contributed by atoms with Crippen LogP contribution in [0.1, 0.15) is 35.6 Å². The fraction of sp³-hybridized carbons (Fsp3) is 0.138. The third-order valence-corrected chi connectivity index (χ3v) is 6.43. The van der Waals surface area contributed by atoms with Crippen molar-refractivity contribution < 1.29 is 0 Å². The van der Waals surface area contributed by atoms with Crippen LogP contribution in [0.5, 0.6) is 0 Å². The van der Waals surface area contributed by atoms with Crippen LogP contribution in [0.15, 0.2) is 121 Å². The Morgan fingerprint density at radius 1 is 0.533 bits per heavy atom.